The lowest BCUT2D eigenvalue weighted by Crippen LogP contribution is -2.61. The first-order valence-electron chi connectivity index (χ1n) is 6.25. The van der Waals surface area contributed by atoms with Crippen LogP contribution >= 0.6 is 0 Å². The molecule has 96 valence electrons. The number of carbonyl (C=O) groups is 2. The van der Waals surface area contributed by atoms with Gasteiger partial charge >= 0.3 is 12.0 Å². The summed E-state index contributed by atoms with van der Waals surface area (Å²) in [4.78, 5) is 22.7. The number of hydrogen-bond acceptors (Lipinski definition) is 2. The van der Waals surface area contributed by atoms with E-state index >= 15 is 0 Å². The fourth-order valence-corrected chi connectivity index (χ4v) is 2.43. The van der Waals surface area contributed by atoms with Crippen molar-refractivity contribution in [3.05, 3.63) is 0 Å². The zero-order valence-electron chi connectivity index (χ0n) is 10.2. The molecule has 0 bridgehead atoms. The third-order valence-corrected chi connectivity index (χ3v) is 4.21. The zero-order valence-corrected chi connectivity index (χ0v) is 10.2. The molecule has 0 radical (unpaired) electrons. The molecule has 0 atom stereocenters. The molecule has 0 saturated heterocycles. The average Bonchev–Trinajstić information content (AvgIpc) is 2.17. The molecule has 0 aromatic heterocycles. The van der Waals surface area contributed by atoms with Crippen LogP contribution in [0.1, 0.15) is 45.4 Å². The second-order valence-electron chi connectivity index (χ2n) is 5.71. The molecule has 2 aliphatic carbocycles. The minimum absolute atomic E-state index is 0.216. The lowest BCUT2D eigenvalue weighted by molar-refractivity contribution is -0.148. The summed E-state index contributed by atoms with van der Waals surface area (Å²) in [5.74, 6) is -0.922. The summed E-state index contributed by atoms with van der Waals surface area (Å²) in [6.07, 6.45) is 5.43. The Morgan fingerprint density at radius 2 is 1.76 bits per heavy atom. The Kier molecular flexibility index (Phi) is 3.02. The maximum absolute atomic E-state index is 11.7. The molecule has 0 aliphatic heterocycles. The molecule has 2 amide bonds. The lowest BCUT2D eigenvalue weighted by atomic mass is 9.70. The second-order valence-corrected chi connectivity index (χ2v) is 5.71. The van der Waals surface area contributed by atoms with E-state index in [2.05, 4.69) is 17.6 Å². The molecule has 0 aromatic carbocycles. The smallest absolute Gasteiger partial charge is 0.329 e. The predicted octanol–water partition coefficient (Wildman–Crippen LogP) is 1.48. The van der Waals surface area contributed by atoms with Gasteiger partial charge in [0.2, 0.25) is 0 Å². The number of aliphatic carboxylic acids is 1. The summed E-state index contributed by atoms with van der Waals surface area (Å²) < 4.78 is 0. The van der Waals surface area contributed by atoms with Gasteiger partial charge in [0, 0.05) is 6.54 Å². The standard InChI is InChI=1S/C12H20N2O3/c1-11(4-2-5-11)8-13-10(17)14-12(9(15)16)6-3-7-12/h2-8H2,1H3,(H,15,16)(H2,13,14,17). The van der Waals surface area contributed by atoms with E-state index in [1.54, 1.807) is 0 Å². The van der Waals surface area contributed by atoms with Crippen LogP contribution in [0, 0.1) is 5.41 Å². The van der Waals surface area contributed by atoms with Crippen LogP contribution in [-0.4, -0.2) is 29.2 Å². The van der Waals surface area contributed by atoms with Crippen molar-refractivity contribution in [2.75, 3.05) is 6.54 Å². The van der Waals surface area contributed by atoms with Crippen molar-refractivity contribution in [3.8, 4) is 0 Å². The maximum atomic E-state index is 11.7. The topological polar surface area (TPSA) is 78.4 Å². The van der Waals surface area contributed by atoms with Crippen molar-refractivity contribution in [1.82, 2.24) is 10.6 Å². The Morgan fingerprint density at radius 3 is 2.12 bits per heavy atom. The summed E-state index contributed by atoms with van der Waals surface area (Å²) in [6, 6.07) is -0.347. The molecule has 0 aromatic rings. The van der Waals surface area contributed by atoms with E-state index in [4.69, 9.17) is 5.11 Å². The number of carboxylic acids is 1. The summed E-state index contributed by atoms with van der Waals surface area (Å²) in [5, 5.41) is 14.5. The zero-order chi connectivity index (χ0) is 12.5. The van der Waals surface area contributed by atoms with Gasteiger partial charge in [0.15, 0.2) is 0 Å². The number of nitrogens with one attached hydrogen (secondary N) is 2. The van der Waals surface area contributed by atoms with E-state index in [1.807, 2.05) is 0 Å². The molecule has 2 rings (SSSR count). The lowest BCUT2D eigenvalue weighted by Gasteiger charge is -2.40. The molecule has 5 heteroatoms. The fourth-order valence-electron chi connectivity index (χ4n) is 2.43. The molecule has 2 fully saturated rings. The molecular weight excluding hydrogens is 220 g/mol. The van der Waals surface area contributed by atoms with Gasteiger partial charge in [-0.25, -0.2) is 9.59 Å². The Balaban J connectivity index is 1.78. The van der Waals surface area contributed by atoms with Gasteiger partial charge in [0.1, 0.15) is 5.54 Å². The third kappa shape index (κ3) is 2.37. The third-order valence-electron chi connectivity index (χ3n) is 4.21. The van der Waals surface area contributed by atoms with Gasteiger partial charge in [-0.1, -0.05) is 13.3 Å². The molecular formula is C12H20N2O3. The summed E-state index contributed by atoms with van der Waals surface area (Å²) in [6.45, 7) is 2.78. The summed E-state index contributed by atoms with van der Waals surface area (Å²) in [7, 11) is 0. The maximum Gasteiger partial charge on any atom is 0.329 e. The highest BCUT2D eigenvalue weighted by Crippen LogP contribution is 2.39. The second kappa shape index (κ2) is 4.20. The van der Waals surface area contributed by atoms with Gasteiger partial charge in [0.05, 0.1) is 0 Å². The van der Waals surface area contributed by atoms with E-state index in [9.17, 15) is 9.59 Å². The molecule has 2 saturated carbocycles. The number of carboxylic acid groups (broad SMARTS) is 1. The highest BCUT2D eigenvalue weighted by atomic mass is 16.4. The van der Waals surface area contributed by atoms with Crippen molar-refractivity contribution < 1.29 is 14.7 Å². The van der Waals surface area contributed by atoms with Crippen LogP contribution in [0.15, 0.2) is 0 Å². The Bertz CT molecular complexity index is 333. The molecule has 0 unspecified atom stereocenters. The van der Waals surface area contributed by atoms with Crippen LogP contribution in [0.3, 0.4) is 0 Å². The molecule has 0 spiro atoms. The normalized spacial score (nSPS) is 24.1. The van der Waals surface area contributed by atoms with Crippen LogP contribution in [0.4, 0.5) is 4.79 Å². The fraction of sp³-hybridized carbons (Fsp3) is 0.833. The van der Waals surface area contributed by atoms with E-state index in [0.717, 1.165) is 19.3 Å². The molecule has 0 heterocycles. The van der Waals surface area contributed by atoms with Crippen molar-refractivity contribution in [2.45, 2.75) is 51.0 Å². The van der Waals surface area contributed by atoms with Crippen LogP contribution in [-0.2, 0) is 4.79 Å². The predicted molar refractivity (Wildman–Crippen MR) is 62.7 cm³/mol. The van der Waals surface area contributed by atoms with Crippen LogP contribution in [0.5, 0.6) is 0 Å². The minimum atomic E-state index is -1.01. The first-order chi connectivity index (χ1) is 7.96. The summed E-state index contributed by atoms with van der Waals surface area (Å²) >= 11 is 0. The highest BCUT2D eigenvalue weighted by molar-refractivity contribution is 5.87. The number of urea groups is 1. The number of rotatable bonds is 4. The Hall–Kier alpha value is -1.26. The minimum Gasteiger partial charge on any atom is -0.480 e. The highest BCUT2D eigenvalue weighted by Gasteiger charge is 2.45. The van der Waals surface area contributed by atoms with Crippen molar-refractivity contribution in [1.29, 1.82) is 0 Å². The Labute approximate surface area is 101 Å². The quantitative estimate of drug-likeness (QED) is 0.696. The largest absolute Gasteiger partial charge is 0.480 e. The van der Waals surface area contributed by atoms with Crippen LogP contribution < -0.4 is 10.6 Å². The SMILES string of the molecule is CC1(CNC(=O)NC2(C(=O)O)CCC2)CCC1. The van der Waals surface area contributed by atoms with Gasteiger partial charge in [-0.05, 0) is 37.5 Å². The van der Waals surface area contributed by atoms with Gasteiger partial charge < -0.3 is 15.7 Å². The average molecular weight is 240 g/mol. The van der Waals surface area contributed by atoms with Gasteiger partial charge in [-0.3, -0.25) is 0 Å². The molecule has 3 N–H and O–H groups in total. The van der Waals surface area contributed by atoms with Crippen molar-refractivity contribution >= 4 is 12.0 Å². The van der Waals surface area contributed by atoms with E-state index in [0.29, 0.717) is 19.4 Å². The Morgan fingerprint density at radius 1 is 1.18 bits per heavy atom. The number of hydrogen-bond donors (Lipinski definition) is 3. The first-order valence-corrected chi connectivity index (χ1v) is 6.25. The number of amides is 2. The van der Waals surface area contributed by atoms with Gasteiger partial charge in [-0.2, -0.15) is 0 Å². The van der Waals surface area contributed by atoms with Crippen LogP contribution in [0.25, 0.3) is 0 Å². The molecule has 17 heavy (non-hydrogen) atoms. The number of carbonyl (C=O) groups excluding carboxylic acids is 1. The van der Waals surface area contributed by atoms with Crippen molar-refractivity contribution in [2.24, 2.45) is 5.41 Å². The van der Waals surface area contributed by atoms with E-state index in [-0.39, 0.29) is 11.4 Å². The molecule has 2 aliphatic rings. The van der Waals surface area contributed by atoms with Crippen LogP contribution in [0.2, 0.25) is 0 Å². The van der Waals surface area contributed by atoms with Gasteiger partial charge in [0.25, 0.3) is 0 Å². The monoisotopic (exact) mass is 240 g/mol. The first kappa shape index (κ1) is 12.2. The van der Waals surface area contributed by atoms with Crippen molar-refractivity contribution in [3.63, 3.8) is 0 Å². The van der Waals surface area contributed by atoms with Gasteiger partial charge in [-0.15, -0.1) is 0 Å². The summed E-state index contributed by atoms with van der Waals surface area (Å²) in [5.41, 5.74) is -0.794. The van der Waals surface area contributed by atoms with E-state index < -0.39 is 11.5 Å². The molecule has 5 nitrogen and oxygen atoms in total. The van der Waals surface area contributed by atoms with E-state index in [1.165, 1.54) is 6.42 Å².